The van der Waals surface area contributed by atoms with E-state index in [9.17, 15) is 9.59 Å². The van der Waals surface area contributed by atoms with Gasteiger partial charge in [-0.1, -0.05) is 35.5 Å². The lowest BCUT2D eigenvalue weighted by Gasteiger charge is -1.96. The Morgan fingerprint density at radius 1 is 1.21 bits per heavy atom. The number of carbonyl (C=O) groups is 1. The lowest BCUT2D eigenvalue weighted by Crippen LogP contribution is -2.10. The molecule has 0 saturated carbocycles. The second kappa shape index (κ2) is 4.16. The summed E-state index contributed by atoms with van der Waals surface area (Å²) in [4.78, 5) is 30.5. The second-order valence-electron chi connectivity index (χ2n) is 4.06. The Hall–Kier alpha value is -2.76. The van der Waals surface area contributed by atoms with Crippen molar-refractivity contribution >= 4 is 16.8 Å². The molecule has 1 aromatic carbocycles. The van der Waals surface area contributed by atoms with Crippen LogP contribution >= 0.6 is 0 Å². The van der Waals surface area contributed by atoms with Crippen molar-refractivity contribution < 1.29 is 9.32 Å². The maximum absolute atomic E-state index is 12.3. The smallest absolute Gasteiger partial charge is 0.281 e. The van der Waals surface area contributed by atoms with E-state index < -0.39 is 5.56 Å². The topological polar surface area (TPSA) is 88.8 Å². The molecule has 0 bridgehead atoms. The fraction of sp³-hybridized carbons (Fsp3) is 0.0769. The van der Waals surface area contributed by atoms with Crippen LogP contribution in [0, 0.1) is 6.92 Å². The molecule has 0 aliphatic heterocycles. The average molecular weight is 255 g/mol. The fourth-order valence-electron chi connectivity index (χ4n) is 1.83. The molecule has 1 N–H and O–H groups in total. The number of hydrogen-bond donors (Lipinski definition) is 1. The fourth-order valence-corrected chi connectivity index (χ4v) is 1.83. The second-order valence-corrected chi connectivity index (χ2v) is 4.06. The van der Waals surface area contributed by atoms with E-state index in [1.54, 1.807) is 31.2 Å². The van der Waals surface area contributed by atoms with Crippen LogP contribution in [0.1, 0.15) is 21.9 Å². The van der Waals surface area contributed by atoms with Crippen molar-refractivity contribution in [2.24, 2.45) is 0 Å². The summed E-state index contributed by atoms with van der Waals surface area (Å²) in [5.41, 5.74) is 0.263. The first-order valence-electron chi connectivity index (χ1n) is 5.63. The van der Waals surface area contributed by atoms with Gasteiger partial charge in [0.05, 0.1) is 0 Å². The summed E-state index contributed by atoms with van der Waals surface area (Å²) in [6.45, 7) is 1.63. The Kier molecular flexibility index (Phi) is 2.49. The number of ketones is 1. The molecule has 0 atom stereocenters. The van der Waals surface area contributed by atoms with Gasteiger partial charge in [0.1, 0.15) is 11.3 Å². The number of nitrogens with zero attached hydrogens (tertiary/aromatic N) is 2. The monoisotopic (exact) mass is 255 g/mol. The van der Waals surface area contributed by atoms with E-state index in [1.807, 2.05) is 6.07 Å². The Bertz CT molecular complexity index is 818. The number of rotatable bonds is 2. The molecule has 19 heavy (non-hydrogen) atoms. The zero-order valence-corrected chi connectivity index (χ0v) is 10.0. The number of aromatic nitrogens is 3. The van der Waals surface area contributed by atoms with Crippen LogP contribution in [0.15, 0.2) is 39.6 Å². The first kappa shape index (κ1) is 11.3. The van der Waals surface area contributed by atoms with Crippen LogP contribution in [0.3, 0.4) is 0 Å². The van der Waals surface area contributed by atoms with Crippen LogP contribution in [-0.2, 0) is 0 Å². The van der Waals surface area contributed by atoms with Gasteiger partial charge < -0.3 is 9.51 Å². The van der Waals surface area contributed by atoms with Gasteiger partial charge in [0.15, 0.2) is 5.52 Å². The SMILES string of the molecule is Cc1nc2c(C(=O)c3ccccc3)onc2c(=O)[nH]1. The maximum Gasteiger partial charge on any atom is 0.281 e. The Balaban J connectivity index is 2.22. The van der Waals surface area contributed by atoms with Gasteiger partial charge in [0.25, 0.3) is 5.56 Å². The van der Waals surface area contributed by atoms with E-state index in [0.717, 1.165) is 0 Å². The Labute approximate surface area is 107 Å². The molecule has 2 heterocycles. The summed E-state index contributed by atoms with van der Waals surface area (Å²) in [6, 6.07) is 8.63. The molecule has 3 rings (SSSR count). The van der Waals surface area contributed by atoms with Gasteiger partial charge in [-0.05, 0) is 6.92 Å². The molecular formula is C13H9N3O3. The molecule has 0 aliphatic carbocycles. The summed E-state index contributed by atoms with van der Waals surface area (Å²) in [7, 11) is 0. The summed E-state index contributed by atoms with van der Waals surface area (Å²) in [5.74, 6) is 0.0406. The van der Waals surface area contributed by atoms with Crippen molar-refractivity contribution in [3.8, 4) is 0 Å². The van der Waals surface area contributed by atoms with Crippen LogP contribution in [0.2, 0.25) is 0 Å². The first-order valence-corrected chi connectivity index (χ1v) is 5.63. The van der Waals surface area contributed by atoms with Crippen molar-refractivity contribution in [1.29, 1.82) is 0 Å². The van der Waals surface area contributed by atoms with Gasteiger partial charge in [-0.25, -0.2) is 4.98 Å². The lowest BCUT2D eigenvalue weighted by atomic mass is 10.1. The lowest BCUT2D eigenvalue weighted by molar-refractivity contribution is 0.100. The minimum atomic E-state index is -0.418. The molecule has 6 heteroatoms. The van der Waals surface area contributed by atoms with E-state index in [2.05, 4.69) is 15.1 Å². The third-order valence-corrected chi connectivity index (χ3v) is 2.70. The zero-order valence-electron chi connectivity index (χ0n) is 10.0. The summed E-state index contributed by atoms with van der Waals surface area (Å²) in [5, 5.41) is 3.60. The molecule has 3 aromatic rings. The molecule has 0 spiro atoms. The van der Waals surface area contributed by atoms with Gasteiger partial charge in [-0.2, -0.15) is 0 Å². The molecule has 0 unspecified atom stereocenters. The molecule has 94 valence electrons. The van der Waals surface area contributed by atoms with Crippen LogP contribution in [0.4, 0.5) is 0 Å². The third-order valence-electron chi connectivity index (χ3n) is 2.70. The summed E-state index contributed by atoms with van der Waals surface area (Å²) in [6.07, 6.45) is 0. The minimum Gasteiger partial charge on any atom is -0.349 e. The number of hydrogen-bond acceptors (Lipinski definition) is 5. The minimum absolute atomic E-state index is 0.0181. The van der Waals surface area contributed by atoms with Crippen molar-refractivity contribution in [2.45, 2.75) is 6.92 Å². The molecule has 0 radical (unpaired) electrons. The molecule has 0 aliphatic rings. The number of benzene rings is 1. The van der Waals surface area contributed by atoms with Crippen LogP contribution in [0.5, 0.6) is 0 Å². The first-order chi connectivity index (χ1) is 9.16. The van der Waals surface area contributed by atoms with E-state index >= 15 is 0 Å². The van der Waals surface area contributed by atoms with E-state index in [-0.39, 0.29) is 22.6 Å². The van der Waals surface area contributed by atoms with Gasteiger partial charge in [-0.15, -0.1) is 0 Å². The normalized spacial score (nSPS) is 10.8. The molecule has 0 amide bonds. The number of aromatic amines is 1. The standard InChI is InChI=1S/C13H9N3O3/c1-7-14-9-10(13(18)15-7)16-19-12(9)11(17)8-5-3-2-4-6-8/h2-6H,1H3,(H,14,15,18). The predicted octanol–water partition coefficient (Wildman–Crippen LogP) is 1.45. The zero-order chi connectivity index (χ0) is 13.4. The van der Waals surface area contributed by atoms with Gasteiger partial charge in [-0.3, -0.25) is 9.59 Å². The average Bonchev–Trinajstić information content (AvgIpc) is 2.83. The van der Waals surface area contributed by atoms with Crippen molar-refractivity contribution in [3.05, 3.63) is 57.8 Å². The van der Waals surface area contributed by atoms with Crippen LogP contribution in [0.25, 0.3) is 11.0 Å². The van der Waals surface area contributed by atoms with Crippen LogP contribution in [-0.4, -0.2) is 20.9 Å². The predicted molar refractivity (Wildman–Crippen MR) is 67.0 cm³/mol. The molecule has 0 fully saturated rings. The van der Waals surface area contributed by atoms with Gasteiger partial charge in [0, 0.05) is 5.56 Å². The van der Waals surface area contributed by atoms with E-state index in [1.165, 1.54) is 0 Å². The van der Waals surface area contributed by atoms with Crippen molar-refractivity contribution in [1.82, 2.24) is 15.1 Å². The quantitative estimate of drug-likeness (QED) is 0.700. The highest BCUT2D eigenvalue weighted by Crippen LogP contribution is 2.16. The molecule has 6 nitrogen and oxygen atoms in total. The largest absolute Gasteiger partial charge is 0.349 e. The highest BCUT2D eigenvalue weighted by Gasteiger charge is 2.21. The van der Waals surface area contributed by atoms with Crippen LogP contribution < -0.4 is 5.56 Å². The van der Waals surface area contributed by atoms with Gasteiger partial charge >= 0.3 is 0 Å². The Morgan fingerprint density at radius 2 is 1.95 bits per heavy atom. The number of aryl methyl sites for hydroxylation is 1. The van der Waals surface area contributed by atoms with Gasteiger partial charge in [0.2, 0.25) is 11.5 Å². The van der Waals surface area contributed by atoms with Crippen molar-refractivity contribution in [2.75, 3.05) is 0 Å². The summed E-state index contributed by atoms with van der Waals surface area (Å²) >= 11 is 0. The Morgan fingerprint density at radius 3 is 2.68 bits per heavy atom. The number of carbonyl (C=O) groups excluding carboxylic acids is 1. The number of nitrogens with one attached hydrogen (secondary N) is 1. The highest BCUT2D eigenvalue weighted by atomic mass is 16.5. The van der Waals surface area contributed by atoms with E-state index in [0.29, 0.717) is 11.4 Å². The maximum atomic E-state index is 12.3. The summed E-state index contributed by atoms with van der Waals surface area (Å²) < 4.78 is 4.99. The molecular weight excluding hydrogens is 246 g/mol. The third kappa shape index (κ3) is 1.83. The number of H-pyrrole nitrogens is 1. The molecule has 2 aromatic heterocycles. The van der Waals surface area contributed by atoms with E-state index in [4.69, 9.17) is 4.52 Å². The number of fused-ring (bicyclic) bond motifs is 1. The highest BCUT2D eigenvalue weighted by molar-refractivity contribution is 6.12. The van der Waals surface area contributed by atoms with Crippen molar-refractivity contribution in [3.63, 3.8) is 0 Å². The molecule has 0 saturated heterocycles.